The summed E-state index contributed by atoms with van der Waals surface area (Å²) >= 11 is 0. The van der Waals surface area contributed by atoms with Gasteiger partial charge in [0.25, 0.3) is 0 Å². The maximum atomic E-state index is 16.1. The monoisotopic (exact) mass is 556 g/mol. The fourth-order valence-electron chi connectivity index (χ4n) is 6.37. The molecule has 1 saturated carbocycles. The highest BCUT2D eigenvalue weighted by atomic mass is 19.2. The number of rotatable bonds is 6. The van der Waals surface area contributed by atoms with Crippen LogP contribution in [-0.2, 0) is 6.42 Å². The molecule has 0 nitrogen and oxygen atoms in total. The quantitative estimate of drug-likeness (QED) is 0.195. The molecule has 0 radical (unpaired) electrons. The average Bonchev–Trinajstić information content (AvgIpc) is 3.01. The van der Waals surface area contributed by atoms with Gasteiger partial charge in [-0.1, -0.05) is 128 Å². The van der Waals surface area contributed by atoms with E-state index in [1.165, 1.54) is 36.8 Å². The summed E-state index contributed by atoms with van der Waals surface area (Å²) < 4.78 is 31.9. The third-order valence-corrected chi connectivity index (χ3v) is 9.07. The summed E-state index contributed by atoms with van der Waals surface area (Å²) in [6, 6.07) is 34.6. The minimum atomic E-state index is -0.794. The zero-order chi connectivity index (χ0) is 29.2. The van der Waals surface area contributed by atoms with Gasteiger partial charge >= 0.3 is 0 Å². The van der Waals surface area contributed by atoms with E-state index < -0.39 is 11.6 Å². The summed E-state index contributed by atoms with van der Waals surface area (Å²) in [7, 11) is 0. The van der Waals surface area contributed by atoms with Crippen LogP contribution in [0.5, 0.6) is 0 Å². The van der Waals surface area contributed by atoms with Crippen LogP contribution in [0.1, 0.15) is 66.3 Å². The molecule has 0 aliphatic heterocycles. The first-order valence-corrected chi connectivity index (χ1v) is 15.2. The first-order valence-electron chi connectivity index (χ1n) is 15.2. The predicted molar refractivity (Wildman–Crippen MR) is 172 cm³/mol. The third-order valence-electron chi connectivity index (χ3n) is 9.07. The van der Waals surface area contributed by atoms with Gasteiger partial charge < -0.3 is 0 Å². The van der Waals surface area contributed by atoms with Crippen LogP contribution in [-0.4, -0.2) is 0 Å². The molecule has 5 aromatic carbocycles. The van der Waals surface area contributed by atoms with E-state index in [-0.39, 0.29) is 0 Å². The molecule has 0 heterocycles. The van der Waals surface area contributed by atoms with E-state index in [1.54, 1.807) is 0 Å². The molecular formula is C40H38F2. The Hall–Kier alpha value is -4.04. The lowest BCUT2D eigenvalue weighted by molar-refractivity contribution is 0.348. The standard InChI is InChI=1S/C40H38F2/c1-26-4-12-30(13-5-26)32-18-10-29(11-19-32)24-36-25-37(34-16-8-28(3)9-17-34)39(41)40(42)38(36)35-22-20-33(21-23-35)31-14-6-27(2)7-15-31/h4-5,8-13,16-23,25,27,31H,6-7,14-15,24H2,1-3H3. The second-order valence-electron chi connectivity index (χ2n) is 12.3. The van der Waals surface area contributed by atoms with Crippen molar-refractivity contribution in [2.24, 2.45) is 5.92 Å². The van der Waals surface area contributed by atoms with E-state index >= 15 is 8.78 Å². The van der Waals surface area contributed by atoms with E-state index in [2.05, 4.69) is 74.5 Å². The maximum Gasteiger partial charge on any atom is 0.167 e. The van der Waals surface area contributed by atoms with Crippen LogP contribution in [0.25, 0.3) is 33.4 Å². The number of halogens is 2. The lowest BCUT2D eigenvalue weighted by Gasteiger charge is -2.26. The number of hydrogen-bond acceptors (Lipinski definition) is 0. The summed E-state index contributed by atoms with van der Waals surface area (Å²) in [5.74, 6) is -0.235. The molecule has 0 bridgehead atoms. The molecule has 0 atom stereocenters. The van der Waals surface area contributed by atoms with Crippen LogP contribution >= 0.6 is 0 Å². The van der Waals surface area contributed by atoms with Crippen LogP contribution in [0.2, 0.25) is 0 Å². The van der Waals surface area contributed by atoms with Gasteiger partial charge in [0, 0.05) is 11.1 Å². The summed E-state index contributed by atoms with van der Waals surface area (Å²) in [5, 5.41) is 0. The first kappa shape index (κ1) is 28.1. The van der Waals surface area contributed by atoms with Crippen molar-refractivity contribution in [1.82, 2.24) is 0 Å². The van der Waals surface area contributed by atoms with Crippen molar-refractivity contribution in [2.45, 2.75) is 58.8 Å². The Balaban J connectivity index is 1.38. The molecule has 42 heavy (non-hydrogen) atoms. The molecule has 0 N–H and O–H groups in total. The molecule has 5 aromatic rings. The minimum absolute atomic E-state index is 0.301. The Bertz CT molecular complexity index is 1650. The highest BCUT2D eigenvalue weighted by Gasteiger charge is 2.23. The lowest BCUT2D eigenvalue weighted by Crippen LogP contribution is -2.10. The topological polar surface area (TPSA) is 0 Å². The van der Waals surface area contributed by atoms with Crippen molar-refractivity contribution in [3.8, 4) is 33.4 Å². The molecule has 0 aromatic heterocycles. The van der Waals surface area contributed by atoms with Gasteiger partial charge in [0.05, 0.1) is 0 Å². The van der Waals surface area contributed by atoms with Crippen molar-refractivity contribution < 1.29 is 8.78 Å². The smallest absolute Gasteiger partial charge is 0.167 e. The molecule has 2 heteroatoms. The van der Waals surface area contributed by atoms with Crippen molar-refractivity contribution in [3.05, 3.63) is 143 Å². The van der Waals surface area contributed by atoms with Crippen molar-refractivity contribution >= 4 is 0 Å². The van der Waals surface area contributed by atoms with Gasteiger partial charge in [0.1, 0.15) is 0 Å². The second kappa shape index (κ2) is 12.1. The Kier molecular flexibility index (Phi) is 8.07. The fourth-order valence-corrected chi connectivity index (χ4v) is 6.37. The van der Waals surface area contributed by atoms with Crippen molar-refractivity contribution in [3.63, 3.8) is 0 Å². The lowest BCUT2D eigenvalue weighted by atomic mass is 9.79. The molecule has 6 rings (SSSR count). The summed E-state index contributed by atoms with van der Waals surface area (Å²) in [6.45, 7) is 6.41. The number of benzene rings is 5. The van der Waals surface area contributed by atoms with Crippen LogP contribution in [0, 0.1) is 31.4 Å². The minimum Gasteiger partial charge on any atom is -0.203 e. The number of aryl methyl sites for hydroxylation is 2. The molecule has 0 unspecified atom stereocenters. The van der Waals surface area contributed by atoms with Crippen molar-refractivity contribution in [1.29, 1.82) is 0 Å². The van der Waals surface area contributed by atoms with Crippen LogP contribution in [0.15, 0.2) is 103 Å². The van der Waals surface area contributed by atoms with Gasteiger partial charge in [-0.2, -0.15) is 0 Å². The normalized spacial score (nSPS) is 16.9. The van der Waals surface area contributed by atoms with E-state index in [1.807, 2.05) is 49.4 Å². The van der Waals surface area contributed by atoms with E-state index in [0.29, 0.717) is 29.0 Å². The van der Waals surface area contributed by atoms with Gasteiger partial charge in [-0.15, -0.1) is 0 Å². The largest absolute Gasteiger partial charge is 0.203 e. The van der Waals surface area contributed by atoms with E-state index in [9.17, 15) is 0 Å². The SMILES string of the molecule is Cc1ccc(-c2ccc(Cc3cc(-c4ccc(C)cc4)c(F)c(F)c3-c3ccc(C4CCC(C)CC4)cc3)cc2)cc1. The second-order valence-corrected chi connectivity index (χ2v) is 12.3. The third kappa shape index (κ3) is 5.95. The highest BCUT2D eigenvalue weighted by Crippen LogP contribution is 2.39. The Morgan fingerprint density at radius 1 is 0.571 bits per heavy atom. The molecule has 1 aliphatic carbocycles. The molecule has 1 aliphatic rings. The summed E-state index contributed by atoms with van der Waals surface area (Å²) in [4.78, 5) is 0. The van der Waals surface area contributed by atoms with Gasteiger partial charge in [0.2, 0.25) is 0 Å². The predicted octanol–water partition coefficient (Wildman–Crippen LogP) is 11.5. The Labute approximate surface area is 249 Å². The van der Waals surface area contributed by atoms with E-state index in [0.717, 1.165) is 39.3 Å². The zero-order valence-electron chi connectivity index (χ0n) is 24.8. The molecule has 1 fully saturated rings. The average molecular weight is 557 g/mol. The molecule has 0 amide bonds. The molecule has 212 valence electrons. The number of hydrogen-bond donors (Lipinski definition) is 0. The fraction of sp³-hybridized carbons (Fsp3) is 0.250. The van der Waals surface area contributed by atoms with Crippen molar-refractivity contribution in [2.75, 3.05) is 0 Å². The zero-order valence-corrected chi connectivity index (χ0v) is 24.8. The van der Waals surface area contributed by atoms with Gasteiger partial charge in [-0.3, -0.25) is 0 Å². The van der Waals surface area contributed by atoms with E-state index in [4.69, 9.17) is 0 Å². The maximum absolute atomic E-state index is 16.1. The van der Waals surface area contributed by atoms with Gasteiger partial charge in [0.15, 0.2) is 11.6 Å². The van der Waals surface area contributed by atoms with Crippen LogP contribution in [0.4, 0.5) is 8.78 Å². The van der Waals surface area contributed by atoms with Gasteiger partial charge in [-0.05, 0) is 90.0 Å². The summed E-state index contributed by atoms with van der Waals surface area (Å²) in [6.07, 6.45) is 5.39. The first-order chi connectivity index (χ1) is 20.4. The Morgan fingerprint density at radius 2 is 1.07 bits per heavy atom. The molecule has 0 spiro atoms. The van der Waals surface area contributed by atoms with Crippen LogP contribution < -0.4 is 0 Å². The van der Waals surface area contributed by atoms with Gasteiger partial charge in [-0.25, -0.2) is 8.78 Å². The Morgan fingerprint density at radius 3 is 1.64 bits per heavy atom. The molecule has 0 saturated heterocycles. The van der Waals surface area contributed by atoms with Crippen LogP contribution in [0.3, 0.4) is 0 Å². The highest BCUT2D eigenvalue weighted by molar-refractivity contribution is 5.76. The molecular weight excluding hydrogens is 518 g/mol. The summed E-state index contributed by atoms with van der Waals surface area (Å²) in [5.41, 5.74) is 9.81.